The van der Waals surface area contributed by atoms with Gasteiger partial charge in [-0.1, -0.05) is 30.7 Å². The van der Waals surface area contributed by atoms with Gasteiger partial charge in [0.1, 0.15) is 5.75 Å². The molecule has 3 rings (SSSR count). The molecule has 1 fully saturated rings. The van der Waals surface area contributed by atoms with E-state index in [0.29, 0.717) is 12.8 Å². The van der Waals surface area contributed by atoms with E-state index in [0.717, 1.165) is 41.3 Å². The largest absolute Gasteiger partial charge is 0.497 e. The van der Waals surface area contributed by atoms with Gasteiger partial charge in [-0.3, -0.25) is 9.59 Å². The molecule has 0 saturated heterocycles. The van der Waals surface area contributed by atoms with Gasteiger partial charge < -0.3 is 15.8 Å². The number of ether oxygens (including phenoxy) is 1. The zero-order chi connectivity index (χ0) is 17.8. The van der Waals surface area contributed by atoms with E-state index in [-0.39, 0.29) is 23.8 Å². The van der Waals surface area contributed by atoms with E-state index < -0.39 is 0 Å². The number of nitrogens with one attached hydrogen (secondary N) is 1. The molecule has 0 radical (unpaired) electrons. The molecule has 1 aliphatic carbocycles. The summed E-state index contributed by atoms with van der Waals surface area (Å²) in [5, 5.41) is 5.17. The lowest BCUT2D eigenvalue weighted by Crippen LogP contribution is -2.41. The lowest BCUT2D eigenvalue weighted by molar-refractivity contribution is -0.125. The minimum absolute atomic E-state index is 0.0227. The first-order valence-corrected chi connectivity index (χ1v) is 8.71. The van der Waals surface area contributed by atoms with Crippen LogP contribution in [0.15, 0.2) is 36.4 Å². The number of benzene rings is 2. The lowest BCUT2D eigenvalue weighted by atomic mass is 9.85. The van der Waals surface area contributed by atoms with Gasteiger partial charge >= 0.3 is 0 Å². The van der Waals surface area contributed by atoms with Crippen LogP contribution < -0.4 is 15.8 Å². The quantitative estimate of drug-likeness (QED) is 0.877. The summed E-state index contributed by atoms with van der Waals surface area (Å²) in [6.07, 6.45) is 3.60. The summed E-state index contributed by atoms with van der Waals surface area (Å²) in [4.78, 5) is 23.9. The number of rotatable bonds is 5. The molecule has 1 saturated carbocycles. The van der Waals surface area contributed by atoms with Crippen molar-refractivity contribution in [1.82, 2.24) is 5.32 Å². The predicted octanol–water partition coefficient (Wildman–Crippen LogP) is 2.55. The molecule has 1 aliphatic rings. The molecule has 0 spiro atoms. The van der Waals surface area contributed by atoms with Crippen molar-refractivity contribution in [2.75, 3.05) is 7.11 Å². The zero-order valence-corrected chi connectivity index (χ0v) is 14.5. The van der Waals surface area contributed by atoms with E-state index in [4.69, 9.17) is 10.5 Å². The van der Waals surface area contributed by atoms with Crippen LogP contribution in [0.5, 0.6) is 5.75 Å². The lowest BCUT2D eigenvalue weighted by Gasteiger charge is -2.28. The van der Waals surface area contributed by atoms with Crippen LogP contribution in [0, 0.1) is 5.92 Å². The molecule has 0 aliphatic heterocycles. The Morgan fingerprint density at radius 3 is 2.84 bits per heavy atom. The monoisotopic (exact) mass is 340 g/mol. The Morgan fingerprint density at radius 2 is 2.08 bits per heavy atom. The maximum absolute atomic E-state index is 12.5. The highest BCUT2D eigenvalue weighted by Crippen LogP contribution is 2.26. The first-order valence-electron chi connectivity index (χ1n) is 8.71. The van der Waals surface area contributed by atoms with Crippen molar-refractivity contribution >= 4 is 22.6 Å². The second-order valence-electron chi connectivity index (χ2n) is 6.71. The first-order chi connectivity index (χ1) is 12.1. The summed E-state index contributed by atoms with van der Waals surface area (Å²) in [5.41, 5.74) is 6.38. The van der Waals surface area contributed by atoms with E-state index in [1.165, 1.54) is 0 Å². The molecule has 3 N–H and O–H groups in total. The second-order valence-corrected chi connectivity index (χ2v) is 6.71. The SMILES string of the molecule is COc1ccc2cccc(CC(=O)NC3CCCC(C(N)=O)C3)c2c1. The Kier molecular flexibility index (Phi) is 5.22. The highest BCUT2D eigenvalue weighted by molar-refractivity contribution is 5.91. The zero-order valence-electron chi connectivity index (χ0n) is 14.5. The number of hydrogen-bond acceptors (Lipinski definition) is 3. The fourth-order valence-corrected chi connectivity index (χ4v) is 3.63. The minimum atomic E-state index is -0.264. The van der Waals surface area contributed by atoms with Crippen LogP contribution in [-0.2, 0) is 16.0 Å². The molecule has 2 amide bonds. The molecule has 5 nitrogen and oxygen atoms in total. The van der Waals surface area contributed by atoms with Crippen molar-refractivity contribution in [3.05, 3.63) is 42.0 Å². The first kappa shape index (κ1) is 17.3. The van der Waals surface area contributed by atoms with Gasteiger partial charge in [0.15, 0.2) is 0 Å². The number of carbonyl (C=O) groups is 2. The van der Waals surface area contributed by atoms with Crippen molar-refractivity contribution in [1.29, 1.82) is 0 Å². The Labute approximate surface area is 147 Å². The number of primary amides is 1. The van der Waals surface area contributed by atoms with Gasteiger partial charge in [0.2, 0.25) is 11.8 Å². The van der Waals surface area contributed by atoms with Gasteiger partial charge in [-0.2, -0.15) is 0 Å². The van der Waals surface area contributed by atoms with Crippen LogP contribution in [0.3, 0.4) is 0 Å². The number of nitrogens with two attached hydrogens (primary N) is 1. The number of methoxy groups -OCH3 is 1. The molecule has 0 aromatic heterocycles. The van der Waals surface area contributed by atoms with Crippen molar-refractivity contribution in [2.45, 2.75) is 38.1 Å². The third-order valence-corrected chi connectivity index (χ3v) is 4.97. The minimum Gasteiger partial charge on any atom is -0.497 e. The van der Waals surface area contributed by atoms with Gasteiger partial charge in [0.05, 0.1) is 13.5 Å². The average molecular weight is 340 g/mol. The molecule has 2 atom stereocenters. The molecule has 2 unspecified atom stereocenters. The Morgan fingerprint density at radius 1 is 1.24 bits per heavy atom. The fourth-order valence-electron chi connectivity index (χ4n) is 3.63. The van der Waals surface area contributed by atoms with Gasteiger partial charge in [-0.05, 0) is 47.7 Å². The Balaban J connectivity index is 1.70. The van der Waals surface area contributed by atoms with Crippen LogP contribution >= 0.6 is 0 Å². The topological polar surface area (TPSA) is 81.4 Å². The molecule has 0 heterocycles. The van der Waals surface area contributed by atoms with Crippen molar-refractivity contribution in [2.24, 2.45) is 11.7 Å². The summed E-state index contributed by atoms with van der Waals surface area (Å²) in [7, 11) is 1.63. The van der Waals surface area contributed by atoms with E-state index in [1.54, 1.807) is 7.11 Å². The Hall–Kier alpha value is -2.56. The van der Waals surface area contributed by atoms with E-state index in [1.807, 2.05) is 36.4 Å². The molecular weight excluding hydrogens is 316 g/mol. The standard InChI is InChI=1S/C20H24N2O3/c1-25-17-9-8-13-4-2-5-14(18(13)12-17)11-19(23)22-16-7-3-6-15(10-16)20(21)24/h2,4-5,8-9,12,15-16H,3,6-7,10-11H2,1H3,(H2,21,24)(H,22,23). The summed E-state index contributed by atoms with van der Waals surface area (Å²) in [6.45, 7) is 0. The average Bonchev–Trinajstić information content (AvgIpc) is 2.61. The van der Waals surface area contributed by atoms with Gasteiger partial charge in [0.25, 0.3) is 0 Å². The molecule has 2 aromatic rings. The fraction of sp³-hybridized carbons (Fsp3) is 0.400. The van der Waals surface area contributed by atoms with Crippen LogP contribution in [0.4, 0.5) is 0 Å². The van der Waals surface area contributed by atoms with Crippen LogP contribution in [0.25, 0.3) is 10.8 Å². The summed E-state index contributed by atoms with van der Waals surface area (Å²) in [6, 6.07) is 11.8. The molecular formula is C20H24N2O3. The number of hydrogen-bond donors (Lipinski definition) is 2. The van der Waals surface area contributed by atoms with E-state index in [9.17, 15) is 9.59 Å². The molecule has 2 aromatic carbocycles. The third kappa shape index (κ3) is 4.10. The number of fused-ring (bicyclic) bond motifs is 1. The van der Waals surface area contributed by atoms with Crippen LogP contribution in [0.1, 0.15) is 31.2 Å². The maximum Gasteiger partial charge on any atom is 0.224 e. The number of amides is 2. The van der Waals surface area contributed by atoms with Crippen molar-refractivity contribution in [3.63, 3.8) is 0 Å². The molecule has 132 valence electrons. The Bertz CT molecular complexity index is 788. The predicted molar refractivity (Wildman–Crippen MR) is 97.3 cm³/mol. The third-order valence-electron chi connectivity index (χ3n) is 4.97. The smallest absolute Gasteiger partial charge is 0.224 e. The summed E-state index contributed by atoms with van der Waals surface area (Å²) in [5.74, 6) is 0.364. The highest BCUT2D eigenvalue weighted by Gasteiger charge is 2.26. The van der Waals surface area contributed by atoms with E-state index >= 15 is 0 Å². The molecule has 25 heavy (non-hydrogen) atoms. The van der Waals surface area contributed by atoms with Crippen molar-refractivity contribution < 1.29 is 14.3 Å². The normalized spacial score (nSPS) is 20.2. The van der Waals surface area contributed by atoms with Gasteiger partial charge in [0, 0.05) is 12.0 Å². The number of carbonyl (C=O) groups excluding carboxylic acids is 2. The second kappa shape index (κ2) is 7.55. The van der Waals surface area contributed by atoms with E-state index in [2.05, 4.69) is 5.32 Å². The van der Waals surface area contributed by atoms with Gasteiger partial charge in [-0.25, -0.2) is 0 Å². The molecule has 5 heteroatoms. The van der Waals surface area contributed by atoms with Crippen molar-refractivity contribution in [3.8, 4) is 5.75 Å². The molecule has 0 bridgehead atoms. The van der Waals surface area contributed by atoms with Gasteiger partial charge in [-0.15, -0.1) is 0 Å². The highest BCUT2D eigenvalue weighted by atomic mass is 16.5. The summed E-state index contributed by atoms with van der Waals surface area (Å²) >= 11 is 0. The van der Waals surface area contributed by atoms with Crippen LogP contribution in [-0.4, -0.2) is 25.0 Å². The van der Waals surface area contributed by atoms with Crippen LogP contribution in [0.2, 0.25) is 0 Å². The summed E-state index contributed by atoms with van der Waals surface area (Å²) < 4.78 is 5.29. The maximum atomic E-state index is 12.5.